The molecule has 2 N–H and O–H groups in total. The first-order chi connectivity index (χ1) is 11.0. The van der Waals surface area contributed by atoms with Gasteiger partial charge >= 0.3 is 5.97 Å². The molecule has 5 heteroatoms. The molecule has 120 valence electrons. The number of ether oxygens (including phenoxy) is 2. The summed E-state index contributed by atoms with van der Waals surface area (Å²) in [5.41, 5.74) is 8.11. The summed E-state index contributed by atoms with van der Waals surface area (Å²) in [6, 6.07) is 12.0. The minimum Gasteiger partial charge on any atom is -0.489 e. The summed E-state index contributed by atoms with van der Waals surface area (Å²) in [6.45, 7) is 3.92. The summed E-state index contributed by atoms with van der Waals surface area (Å²) < 4.78 is 10.6. The molecule has 0 fully saturated rings. The number of esters is 1. The van der Waals surface area contributed by atoms with E-state index < -0.39 is 0 Å². The summed E-state index contributed by atoms with van der Waals surface area (Å²) in [7, 11) is 0. The van der Waals surface area contributed by atoms with Crippen molar-refractivity contribution in [3.05, 3.63) is 59.2 Å². The van der Waals surface area contributed by atoms with Gasteiger partial charge in [-0.25, -0.2) is 4.79 Å². The molecule has 0 aliphatic heterocycles. The van der Waals surface area contributed by atoms with Crippen LogP contribution in [0.4, 0.5) is 5.69 Å². The molecule has 0 heterocycles. The molecule has 0 saturated carbocycles. The Morgan fingerprint density at radius 1 is 1.09 bits per heavy atom. The quantitative estimate of drug-likeness (QED) is 0.503. The Hall–Kier alpha value is -2.82. The number of hydrogen-bond donors (Lipinski definition) is 1. The molecule has 0 unspecified atom stereocenters. The van der Waals surface area contributed by atoms with Crippen molar-refractivity contribution >= 4 is 17.4 Å². The van der Waals surface area contributed by atoms with Gasteiger partial charge in [-0.15, -0.1) is 0 Å². The van der Waals surface area contributed by atoms with Crippen LogP contribution in [0.2, 0.25) is 0 Å². The lowest BCUT2D eigenvalue weighted by Crippen LogP contribution is -2.05. The molecule has 0 aliphatic rings. The second kappa shape index (κ2) is 7.45. The Morgan fingerprint density at radius 3 is 2.35 bits per heavy atom. The van der Waals surface area contributed by atoms with E-state index in [1.54, 1.807) is 49.4 Å². The lowest BCUT2D eigenvalue weighted by Gasteiger charge is -2.09. The predicted molar refractivity (Wildman–Crippen MR) is 87.6 cm³/mol. The van der Waals surface area contributed by atoms with Gasteiger partial charge in [0.2, 0.25) is 0 Å². The van der Waals surface area contributed by atoms with E-state index in [9.17, 15) is 9.59 Å². The molecular formula is C18H19NO4. The molecule has 2 rings (SSSR count). The lowest BCUT2D eigenvalue weighted by molar-refractivity contribution is 0.0526. The number of anilines is 1. The Balaban J connectivity index is 1.99. The van der Waals surface area contributed by atoms with Gasteiger partial charge in [-0.05, 0) is 43.7 Å². The number of nitrogens with two attached hydrogens (primary N) is 1. The SMILES string of the molecule is CCOC(=O)c1ccc(COc2ccc(C(C)=O)c(N)c2)cc1. The third-order valence-electron chi connectivity index (χ3n) is 3.27. The monoisotopic (exact) mass is 313 g/mol. The Kier molecular flexibility index (Phi) is 5.36. The highest BCUT2D eigenvalue weighted by molar-refractivity contribution is 5.99. The molecule has 0 bridgehead atoms. The maximum absolute atomic E-state index is 11.6. The van der Waals surface area contributed by atoms with Crippen LogP contribution < -0.4 is 10.5 Å². The van der Waals surface area contributed by atoms with E-state index >= 15 is 0 Å². The van der Waals surface area contributed by atoms with Crippen molar-refractivity contribution in [2.75, 3.05) is 12.3 Å². The van der Waals surface area contributed by atoms with Crippen molar-refractivity contribution < 1.29 is 19.1 Å². The molecule has 0 aliphatic carbocycles. The third kappa shape index (κ3) is 4.32. The smallest absolute Gasteiger partial charge is 0.338 e. The molecule has 0 aromatic heterocycles. The van der Waals surface area contributed by atoms with Crippen molar-refractivity contribution in [3.63, 3.8) is 0 Å². The lowest BCUT2D eigenvalue weighted by atomic mass is 10.1. The van der Waals surface area contributed by atoms with E-state index in [4.69, 9.17) is 15.2 Å². The van der Waals surface area contributed by atoms with Crippen LogP contribution >= 0.6 is 0 Å². The summed E-state index contributed by atoms with van der Waals surface area (Å²) in [5.74, 6) is 0.165. The van der Waals surface area contributed by atoms with E-state index in [1.807, 2.05) is 0 Å². The van der Waals surface area contributed by atoms with Crippen molar-refractivity contribution in [1.29, 1.82) is 0 Å². The minimum absolute atomic E-state index is 0.0800. The van der Waals surface area contributed by atoms with E-state index in [0.29, 0.717) is 35.8 Å². The highest BCUT2D eigenvalue weighted by Crippen LogP contribution is 2.21. The molecule has 0 radical (unpaired) electrons. The average Bonchev–Trinajstić information content (AvgIpc) is 2.53. The molecule has 0 spiro atoms. The van der Waals surface area contributed by atoms with E-state index in [0.717, 1.165) is 5.56 Å². The molecule has 0 atom stereocenters. The number of carbonyl (C=O) groups is 2. The van der Waals surface area contributed by atoms with E-state index in [2.05, 4.69) is 0 Å². The number of ketones is 1. The first-order valence-corrected chi connectivity index (χ1v) is 7.30. The zero-order chi connectivity index (χ0) is 16.8. The fourth-order valence-electron chi connectivity index (χ4n) is 2.07. The Morgan fingerprint density at radius 2 is 1.78 bits per heavy atom. The van der Waals surface area contributed by atoms with Crippen LogP contribution in [0.5, 0.6) is 5.75 Å². The zero-order valence-electron chi connectivity index (χ0n) is 13.2. The predicted octanol–water partition coefficient (Wildman–Crippen LogP) is 3.23. The van der Waals surface area contributed by atoms with Crippen LogP contribution in [0.1, 0.15) is 40.1 Å². The maximum Gasteiger partial charge on any atom is 0.338 e. The molecule has 23 heavy (non-hydrogen) atoms. The normalized spacial score (nSPS) is 10.2. The van der Waals surface area contributed by atoms with Gasteiger partial charge in [-0.1, -0.05) is 12.1 Å². The number of hydrogen-bond acceptors (Lipinski definition) is 5. The van der Waals surface area contributed by atoms with Crippen molar-refractivity contribution in [2.45, 2.75) is 20.5 Å². The molecule has 5 nitrogen and oxygen atoms in total. The van der Waals surface area contributed by atoms with Gasteiger partial charge in [0.15, 0.2) is 5.78 Å². The summed E-state index contributed by atoms with van der Waals surface area (Å²) in [6.07, 6.45) is 0. The van der Waals surface area contributed by atoms with Gasteiger partial charge in [-0.3, -0.25) is 4.79 Å². The topological polar surface area (TPSA) is 78.6 Å². The first-order valence-electron chi connectivity index (χ1n) is 7.30. The van der Waals surface area contributed by atoms with E-state index in [1.165, 1.54) is 6.92 Å². The highest BCUT2D eigenvalue weighted by Gasteiger charge is 2.07. The van der Waals surface area contributed by atoms with Gasteiger partial charge in [-0.2, -0.15) is 0 Å². The number of Topliss-reactive ketones (excluding diaryl/α,β-unsaturated/α-hetero) is 1. The fourth-order valence-corrected chi connectivity index (χ4v) is 2.07. The molecule has 0 saturated heterocycles. The molecule has 0 amide bonds. The molecule has 2 aromatic carbocycles. The number of rotatable bonds is 6. The standard InChI is InChI=1S/C18H19NO4/c1-3-22-18(21)14-6-4-13(5-7-14)11-23-15-8-9-16(12(2)20)17(19)10-15/h4-10H,3,11,19H2,1-2H3. The molecular weight excluding hydrogens is 294 g/mol. The van der Waals surface area contributed by atoms with Gasteiger partial charge in [0.1, 0.15) is 12.4 Å². The summed E-state index contributed by atoms with van der Waals surface area (Å²) in [5, 5.41) is 0. The van der Waals surface area contributed by atoms with Gasteiger partial charge < -0.3 is 15.2 Å². The number of nitrogen functional groups attached to an aromatic ring is 1. The molecule has 2 aromatic rings. The Labute approximate surface area is 135 Å². The maximum atomic E-state index is 11.6. The van der Waals surface area contributed by atoms with Crippen molar-refractivity contribution in [1.82, 2.24) is 0 Å². The van der Waals surface area contributed by atoms with Crippen LogP contribution in [0.25, 0.3) is 0 Å². The van der Waals surface area contributed by atoms with Crippen LogP contribution in [-0.4, -0.2) is 18.4 Å². The zero-order valence-corrected chi connectivity index (χ0v) is 13.2. The first kappa shape index (κ1) is 16.5. The van der Waals surface area contributed by atoms with E-state index in [-0.39, 0.29) is 11.8 Å². The largest absolute Gasteiger partial charge is 0.489 e. The van der Waals surface area contributed by atoms with Crippen molar-refractivity contribution in [2.24, 2.45) is 0 Å². The highest BCUT2D eigenvalue weighted by atomic mass is 16.5. The summed E-state index contributed by atoms with van der Waals surface area (Å²) >= 11 is 0. The van der Waals surface area contributed by atoms with Crippen LogP contribution in [-0.2, 0) is 11.3 Å². The second-order valence-electron chi connectivity index (χ2n) is 5.01. The third-order valence-corrected chi connectivity index (χ3v) is 3.27. The summed E-state index contributed by atoms with van der Waals surface area (Å²) in [4.78, 5) is 22.9. The second-order valence-corrected chi connectivity index (χ2v) is 5.01. The van der Waals surface area contributed by atoms with Gasteiger partial charge in [0.05, 0.1) is 12.2 Å². The van der Waals surface area contributed by atoms with Gasteiger partial charge in [0, 0.05) is 17.3 Å². The van der Waals surface area contributed by atoms with Crippen molar-refractivity contribution in [3.8, 4) is 5.75 Å². The van der Waals surface area contributed by atoms with Crippen LogP contribution in [0, 0.1) is 0 Å². The fraction of sp³-hybridized carbons (Fsp3) is 0.222. The van der Waals surface area contributed by atoms with Crippen LogP contribution in [0.15, 0.2) is 42.5 Å². The Bertz CT molecular complexity index is 707. The number of benzene rings is 2. The average molecular weight is 313 g/mol. The minimum atomic E-state index is -0.340. The van der Waals surface area contributed by atoms with Gasteiger partial charge in [0.25, 0.3) is 0 Å². The van der Waals surface area contributed by atoms with Crippen LogP contribution in [0.3, 0.4) is 0 Å². The number of carbonyl (C=O) groups excluding carboxylic acids is 2.